The fraction of sp³-hybridized carbons (Fsp3) is 0.514. The first-order valence-corrected chi connectivity index (χ1v) is 17.4. The van der Waals surface area contributed by atoms with E-state index in [1.165, 1.54) is 45.6 Å². The molecule has 1 aromatic heterocycles. The third-order valence-corrected chi connectivity index (χ3v) is 10.4. The van der Waals surface area contributed by atoms with Gasteiger partial charge < -0.3 is 29.9 Å². The molecule has 0 spiro atoms. The fourth-order valence-electron chi connectivity index (χ4n) is 7.39. The van der Waals surface area contributed by atoms with Crippen molar-refractivity contribution in [1.29, 1.82) is 0 Å². The van der Waals surface area contributed by atoms with Gasteiger partial charge in [-0.2, -0.15) is 4.98 Å². The normalized spacial score (nSPS) is 21.6. The van der Waals surface area contributed by atoms with Gasteiger partial charge in [0.15, 0.2) is 0 Å². The molecular formula is C37H47N7O4. The molecule has 11 heteroatoms. The molecule has 1 saturated heterocycles. The molecular weight excluding hydrogens is 606 g/mol. The second-order valence-electron chi connectivity index (χ2n) is 14.0. The second-order valence-corrected chi connectivity index (χ2v) is 14.0. The number of methoxy groups -OCH3 is 1. The van der Waals surface area contributed by atoms with E-state index in [2.05, 4.69) is 30.4 Å². The summed E-state index contributed by atoms with van der Waals surface area (Å²) >= 11 is 0. The lowest BCUT2D eigenvalue weighted by Gasteiger charge is -2.42. The number of piperazine rings is 1. The van der Waals surface area contributed by atoms with Crippen molar-refractivity contribution in [2.75, 3.05) is 52.2 Å². The molecule has 48 heavy (non-hydrogen) atoms. The SMILES string of the molecule is COc1cc(C(=O)N[C@H]2CC[C@H](N3CCN(CC4CC4)CC3)CC2)c(C)cc1Nc1ncc(C)c(Oc2cccc3c2C(=O)N(C)C3)n1. The van der Waals surface area contributed by atoms with E-state index < -0.39 is 0 Å². The fourth-order valence-corrected chi connectivity index (χ4v) is 7.39. The van der Waals surface area contributed by atoms with Crippen LogP contribution in [-0.4, -0.2) is 95.4 Å². The Balaban J connectivity index is 0.972. The number of aryl methyl sites for hydroxylation is 2. The van der Waals surface area contributed by atoms with Crippen LogP contribution in [0.4, 0.5) is 11.6 Å². The summed E-state index contributed by atoms with van der Waals surface area (Å²) in [7, 11) is 3.36. The Morgan fingerprint density at radius 3 is 2.48 bits per heavy atom. The molecule has 0 bridgehead atoms. The van der Waals surface area contributed by atoms with E-state index in [1.807, 2.05) is 32.0 Å². The van der Waals surface area contributed by atoms with Crippen LogP contribution >= 0.6 is 0 Å². The highest BCUT2D eigenvalue weighted by molar-refractivity contribution is 6.01. The van der Waals surface area contributed by atoms with Crippen LogP contribution in [0.2, 0.25) is 0 Å². The molecule has 4 aliphatic rings. The van der Waals surface area contributed by atoms with Crippen molar-refractivity contribution >= 4 is 23.5 Å². The Morgan fingerprint density at radius 1 is 0.979 bits per heavy atom. The molecule has 2 aromatic carbocycles. The van der Waals surface area contributed by atoms with Gasteiger partial charge in [0.2, 0.25) is 11.8 Å². The van der Waals surface area contributed by atoms with Crippen molar-refractivity contribution in [2.24, 2.45) is 5.92 Å². The lowest BCUT2D eigenvalue weighted by atomic mass is 9.89. The van der Waals surface area contributed by atoms with Gasteiger partial charge in [-0.05, 0) is 87.6 Å². The zero-order valence-corrected chi connectivity index (χ0v) is 28.6. The minimum atomic E-state index is -0.0765. The quantitative estimate of drug-likeness (QED) is 0.302. The van der Waals surface area contributed by atoms with E-state index in [-0.39, 0.29) is 17.9 Å². The molecule has 2 N–H and O–H groups in total. The lowest BCUT2D eigenvalue weighted by molar-refractivity contribution is 0.0694. The smallest absolute Gasteiger partial charge is 0.258 e. The van der Waals surface area contributed by atoms with E-state index in [9.17, 15) is 9.59 Å². The number of ether oxygens (including phenoxy) is 2. The highest BCUT2D eigenvalue weighted by Gasteiger charge is 2.32. The Kier molecular flexibility index (Phi) is 9.24. The summed E-state index contributed by atoms with van der Waals surface area (Å²) in [5.41, 5.74) is 4.26. The minimum absolute atomic E-state index is 0.0736. The van der Waals surface area contributed by atoms with Crippen LogP contribution in [0.1, 0.15) is 75.9 Å². The predicted octanol–water partition coefficient (Wildman–Crippen LogP) is 5.29. The lowest BCUT2D eigenvalue weighted by Crippen LogP contribution is -2.52. The zero-order valence-electron chi connectivity index (χ0n) is 28.6. The van der Waals surface area contributed by atoms with Crippen LogP contribution < -0.4 is 20.1 Å². The maximum absolute atomic E-state index is 13.5. The topological polar surface area (TPSA) is 112 Å². The number of anilines is 2. The summed E-state index contributed by atoms with van der Waals surface area (Å²) in [6.45, 7) is 10.4. The van der Waals surface area contributed by atoms with Gasteiger partial charge in [-0.3, -0.25) is 14.5 Å². The van der Waals surface area contributed by atoms with Crippen molar-refractivity contribution < 1.29 is 19.1 Å². The summed E-state index contributed by atoms with van der Waals surface area (Å²) in [5, 5.41) is 6.55. The number of hydrogen-bond donors (Lipinski definition) is 2. The van der Waals surface area contributed by atoms with E-state index in [1.54, 1.807) is 37.4 Å². The van der Waals surface area contributed by atoms with Gasteiger partial charge in [-0.1, -0.05) is 12.1 Å². The first kappa shape index (κ1) is 32.3. The maximum Gasteiger partial charge on any atom is 0.258 e. The molecule has 7 rings (SSSR count). The Morgan fingerprint density at radius 2 is 1.75 bits per heavy atom. The van der Waals surface area contributed by atoms with Crippen molar-refractivity contribution in [3.63, 3.8) is 0 Å². The minimum Gasteiger partial charge on any atom is -0.495 e. The van der Waals surface area contributed by atoms with Crippen LogP contribution in [0.25, 0.3) is 0 Å². The van der Waals surface area contributed by atoms with Gasteiger partial charge in [0.1, 0.15) is 11.5 Å². The van der Waals surface area contributed by atoms with Crippen LogP contribution in [-0.2, 0) is 6.54 Å². The third-order valence-electron chi connectivity index (χ3n) is 10.4. The largest absolute Gasteiger partial charge is 0.495 e. The van der Waals surface area contributed by atoms with Crippen molar-refractivity contribution in [3.8, 4) is 17.4 Å². The molecule has 254 valence electrons. The molecule has 3 aromatic rings. The number of carbonyl (C=O) groups excluding carboxylic acids is 2. The van der Waals surface area contributed by atoms with Crippen LogP contribution in [0.3, 0.4) is 0 Å². The molecule has 2 amide bonds. The number of nitrogens with one attached hydrogen (secondary N) is 2. The highest BCUT2D eigenvalue weighted by atomic mass is 16.5. The number of nitrogens with zero attached hydrogens (tertiary/aromatic N) is 5. The Hall–Kier alpha value is -4.22. The molecule has 3 fully saturated rings. The van der Waals surface area contributed by atoms with Gasteiger partial charge >= 0.3 is 0 Å². The average molecular weight is 654 g/mol. The van der Waals surface area contributed by atoms with Crippen molar-refractivity contribution in [3.05, 3.63) is 64.3 Å². The molecule has 0 unspecified atom stereocenters. The number of fused-ring (bicyclic) bond motifs is 1. The van der Waals surface area contributed by atoms with E-state index >= 15 is 0 Å². The van der Waals surface area contributed by atoms with E-state index in [0.717, 1.165) is 48.3 Å². The first-order valence-electron chi connectivity index (χ1n) is 17.4. The summed E-state index contributed by atoms with van der Waals surface area (Å²) in [5.74, 6) is 2.44. The number of rotatable bonds is 10. The summed E-state index contributed by atoms with van der Waals surface area (Å²) in [6.07, 6.45) is 8.77. The molecule has 2 saturated carbocycles. The van der Waals surface area contributed by atoms with Gasteiger partial charge in [0, 0.05) is 75.7 Å². The highest BCUT2D eigenvalue weighted by Crippen LogP contribution is 2.36. The molecule has 0 atom stereocenters. The number of amides is 2. The average Bonchev–Trinajstić information content (AvgIpc) is 3.85. The third kappa shape index (κ3) is 6.98. The standard InChI is InChI=1S/C37H47N7O4/c1-23-18-30(40-37-38-20-24(2)35(41-37)48-31-7-5-6-26-22-42(3)36(46)33(26)31)32(47-4)19-29(23)34(45)39-27-10-12-28(13-11-27)44-16-14-43(15-17-44)21-25-8-9-25/h5-7,18-20,25,27-28H,8-17,21-22H2,1-4H3,(H,39,45)(H,38,40,41)/t27-,28-. The van der Waals surface area contributed by atoms with E-state index in [4.69, 9.17) is 9.47 Å². The van der Waals surface area contributed by atoms with Gasteiger partial charge in [0.05, 0.1) is 18.4 Å². The number of aromatic nitrogens is 2. The molecule has 3 heterocycles. The molecule has 2 aliphatic carbocycles. The summed E-state index contributed by atoms with van der Waals surface area (Å²) < 4.78 is 11.9. The molecule has 2 aliphatic heterocycles. The second kappa shape index (κ2) is 13.7. The van der Waals surface area contributed by atoms with Crippen molar-refractivity contribution in [1.82, 2.24) is 30.0 Å². The van der Waals surface area contributed by atoms with Gasteiger partial charge in [0.25, 0.3) is 11.8 Å². The van der Waals surface area contributed by atoms with Crippen LogP contribution in [0.5, 0.6) is 17.4 Å². The monoisotopic (exact) mass is 653 g/mol. The Bertz CT molecular complexity index is 1680. The van der Waals surface area contributed by atoms with Crippen LogP contribution in [0, 0.1) is 19.8 Å². The number of hydrogen-bond acceptors (Lipinski definition) is 9. The van der Waals surface area contributed by atoms with Gasteiger partial charge in [-0.15, -0.1) is 0 Å². The summed E-state index contributed by atoms with van der Waals surface area (Å²) in [6, 6.07) is 10.1. The Labute approximate surface area is 283 Å². The first-order chi connectivity index (χ1) is 23.2. The summed E-state index contributed by atoms with van der Waals surface area (Å²) in [4.78, 5) is 42.3. The zero-order chi connectivity index (χ0) is 33.4. The molecule has 11 nitrogen and oxygen atoms in total. The maximum atomic E-state index is 13.5. The number of benzene rings is 2. The molecule has 0 radical (unpaired) electrons. The van der Waals surface area contributed by atoms with E-state index in [0.29, 0.717) is 52.7 Å². The number of carbonyl (C=O) groups is 2. The van der Waals surface area contributed by atoms with Crippen LogP contribution in [0.15, 0.2) is 36.5 Å². The van der Waals surface area contributed by atoms with Gasteiger partial charge in [-0.25, -0.2) is 4.98 Å². The van der Waals surface area contributed by atoms with Crippen molar-refractivity contribution in [2.45, 2.75) is 71.0 Å². The predicted molar refractivity (Wildman–Crippen MR) is 184 cm³/mol.